The zero-order valence-electron chi connectivity index (χ0n) is 11.1. The van der Waals surface area contributed by atoms with Crippen LogP contribution in [0.5, 0.6) is 0 Å². The molecule has 3 aromatic rings. The lowest BCUT2D eigenvalue weighted by atomic mass is 10.1. The number of nitrogens with two attached hydrogens (primary N) is 1. The van der Waals surface area contributed by atoms with E-state index in [0.717, 1.165) is 11.3 Å². The van der Waals surface area contributed by atoms with E-state index in [0.29, 0.717) is 17.4 Å². The second-order valence-corrected chi connectivity index (χ2v) is 5.22. The van der Waals surface area contributed by atoms with Gasteiger partial charge < -0.3 is 11.1 Å². The van der Waals surface area contributed by atoms with Crippen LogP contribution in [0.3, 0.4) is 0 Å². The SMILES string of the molecule is Nc1nc(C(=O)NCc2ccccc2-n2cccn2)cs1. The Morgan fingerprint density at radius 2 is 2.19 bits per heavy atom. The number of rotatable bonds is 4. The smallest absolute Gasteiger partial charge is 0.271 e. The number of anilines is 1. The van der Waals surface area contributed by atoms with E-state index in [-0.39, 0.29) is 5.91 Å². The fourth-order valence-electron chi connectivity index (χ4n) is 1.95. The van der Waals surface area contributed by atoms with Gasteiger partial charge in [-0.05, 0) is 17.7 Å². The number of amides is 1. The summed E-state index contributed by atoms with van der Waals surface area (Å²) in [5.74, 6) is -0.238. The van der Waals surface area contributed by atoms with Gasteiger partial charge in [-0.15, -0.1) is 11.3 Å². The molecular weight excluding hydrogens is 286 g/mol. The molecule has 2 aromatic heterocycles. The van der Waals surface area contributed by atoms with E-state index in [1.807, 2.05) is 36.5 Å². The molecule has 3 rings (SSSR count). The van der Waals surface area contributed by atoms with Gasteiger partial charge in [0.15, 0.2) is 5.13 Å². The van der Waals surface area contributed by atoms with Crippen LogP contribution in [0.1, 0.15) is 16.1 Å². The molecule has 2 heterocycles. The summed E-state index contributed by atoms with van der Waals surface area (Å²) in [4.78, 5) is 15.9. The Bertz CT molecular complexity index is 750. The second-order valence-electron chi connectivity index (χ2n) is 4.33. The van der Waals surface area contributed by atoms with E-state index < -0.39 is 0 Å². The lowest BCUT2D eigenvalue weighted by molar-refractivity contribution is 0.0946. The van der Waals surface area contributed by atoms with Crippen LogP contribution in [-0.2, 0) is 6.54 Å². The van der Waals surface area contributed by atoms with Crippen molar-refractivity contribution in [3.63, 3.8) is 0 Å². The Hall–Kier alpha value is -2.67. The molecule has 0 saturated carbocycles. The minimum absolute atomic E-state index is 0.238. The maximum absolute atomic E-state index is 12.0. The number of benzene rings is 1. The Morgan fingerprint density at radius 1 is 1.33 bits per heavy atom. The number of nitrogen functional groups attached to an aromatic ring is 1. The lowest BCUT2D eigenvalue weighted by Gasteiger charge is -2.10. The molecule has 1 amide bonds. The van der Waals surface area contributed by atoms with Gasteiger partial charge in [0.25, 0.3) is 5.91 Å². The van der Waals surface area contributed by atoms with Crippen molar-refractivity contribution >= 4 is 22.4 Å². The van der Waals surface area contributed by atoms with Crippen molar-refractivity contribution in [3.05, 3.63) is 59.4 Å². The van der Waals surface area contributed by atoms with Gasteiger partial charge in [-0.3, -0.25) is 4.79 Å². The minimum Gasteiger partial charge on any atom is -0.375 e. The standard InChI is InChI=1S/C14H13N5OS/c15-14-18-11(9-21-14)13(20)16-8-10-4-1-2-5-12(10)19-7-3-6-17-19/h1-7,9H,8H2,(H2,15,18)(H,16,20). The summed E-state index contributed by atoms with van der Waals surface area (Å²) in [5.41, 5.74) is 7.77. The third-order valence-corrected chi connectivity index (χ3v) is 3.61. The van der Waals surface area contributed by atoms with Crippen molar-refractivity contribution in [1.29, 1.82) is 0 Å². The number of thiazole rings is 1. The van der Waals surface area contributed by atoms with Crippen molar-refractivity contribution in [2.75, 3.05) is 5.73 Å². The molecule has 0 fully saturated rings. The van der Waals surface area contributed by atoms with E-state index in [4.69, 9.17) is 5.73 Å². The van der Waals surface area contributed by atoms with E-state index in [2.05, 4.69) is 15.4 Å². The molecule has 0 atom stereocenters. The molecule has 0 unspecified atom stereocenters. The number of carbonyl (C=O) groups excluding carboxylic acids is 1. The first-order valence-corrected chi connectivity index (χ1v) is 7.19. The zero-order chi connectivity index (χ0) is 14.7. The number of para-hydroxylation sites is 1. The van der Waals surface area contributed by atoms with Gasteiger partial charge in [-0.1, -0.05) is 18.2 Å². The first kappa shape index (κ1) is 13.3. The summed E-state index contributed by atoms with van der Waals surface area (Å²) in [5, 5.41) is 9.08. The van der Waals surface area contributed by atoms with Crippen LogP contribution < -0.4 is 11.1 Å². The predicted molar refractivity (Wildman–Crippen MR) is 81.3 cm³/mol. The molecule has 0 spiro atoms. The van der Waals surface area contributed by atoms with Gasteiger partial charge in [0.05, 0.1) is 5.69 Å². The first-order chi connectivity index (χ1) is 10.2. The molecule has 0 radical (unpaired) electrons. The minimum atomic E-state index is -0.238. The molecule has 0 aliphatic carbocycles. The highest BCUT2D eigenvalue weighted by Gasteiger charge is 2.10. The summed E-state index contributed by atoms with van der Waals surface area (Å²) in [7, 11) is 0. The largest absolute Gasteiger partial charge is 0.375 e. The van der Waals surface area contributed by atoms with Crippen LogP contribution >= 0.6 is 11.3 Å². The van der Waals surface area contributed by atoms with Crippen LogP contribution in [-0.4, -0.2) is 20.7 Å². The van der Waals surface area contributed by atoms with Crippen LogP contribution in [0.25, 0.3) is 5.69 Å². The Labute approximate surface area is 125 Å². The molecule has 6 nitrogen and oxygen atoms in total. The third kappa shape index (κ3) is 2.92. The number of carbonyl (C=O) groups is 1. The molecular formula is C14H13N5OS. The van der Waals surface area contributed by atoms with Gasteiger partial charge >= 0.3 is 0 Å². The molecule has 0 aliphatic rings. The normalized spacial score (nSPS) is 10.5. The number of nitrogens with zero attached hydrogens (tertiary/aromatic N) is 3. The molecule has 3 N–H and O–H groups in total. The van der Waals surface area contributed by atoms with E-state index >= 15 is 0 Å². The second kappa shape index (κ2) is 5.76. The van der Waals surface area contributed by atoms with Gasteiger partial charge in [-0.2, -0.15) is 5.10 Å². The average Bonchev–Trinajstić information content (AvgIpc) is 3.16. The van der Waals surface area contributed by atoms with Crippen LogP contribution in [0, 0.1) is 0 Å². The molecule has 7 heteroatoms. The summed E-state index contributed by atoms with van der Waals surface area (Å²) in [6.07, 6.45) is 3.58. The zero-order valence-corrected chi connectivity index (χ0v) is 11.9. The highest BCUT2D eigenvalue weighted by atomic mass is 32.1. The molecule has 106 valence electrons. The fourth-order valence-corrected chi connectivity index (χ4v) is 2.50. The van der Waals surface area contributed by atoms with Crippen molar-refractivity contribution < 1.29 is 4.79 Å². The number of nitrogens with one attached hydrogen (secondary N) is 1. The third-order valence-electron chi connectivity index (χ3n) is 2.94. The molecule has 21 heavy (non-hydrogen) atoms. The fraction of sp³-hybridized carbons (Fsp3) is 0.0714. The quantitative estimate of drug-likeness (QED) is 0.769. The Kier molecular flexibility index (Phi) is 3.65. The molecule has 0 saturated heterocycles. The molecule has 1 aromatic carbocycles. The van der Waals surface area contributed by atoms with Crippen LogP contribution in [0.4, 0.5) is 5.13 Å². The molecule has 0 bridgehead atoms. The highest BCUT2D eigenvalue weighted by molar-refractivity contribution is 7.13. The van der Waals surface area contributed by atoms with E-state index in [1.165, 1.54) is 11.3 Å². The number of hydrogen-bond acceptors (Lipinski definition) is 5. The average molecular weight is 299 g/mol. The monoisotopic (exact) mass is 299 g/mol. The Morgan fingerprint density at radius 3 is 2.90 bits per heavy atom. The number of aromatic nitrogens is 3. The van der Waals surface area contributed by atoms with Gasteiger partial charge in [-0.25, -0.2) is 9.67 Å². The summed E-state index contributed by atoms with van der Waals surface area (Å²) in [6.45, 7) is 0.395. The summed E-state index contributed by atoms with van der Waals surface area (Å²) in [6, 6.07) is 9.62. The van der Waals surface area contributed by atoms with Crippen molar-refractivity contribution in [3.8, 4) is 5.69 Å². The predicted octanol–water partition coefficient (Wildman–Crippen LogP) is 1.84. The van der Waals surface area contributed by atoms with Gasteiger partial charge in [0, 0.05) is 24.3 Å². The lowest BCUT2D eigenvalue weighted by Crippen LogP contribution is -2.23. The van der Waals surface area contributed by atoms with Crippen molar-refractivity contribution in [2.45, 2.75) is 6.54 Å². The number of hydrogen-bond donors (Lipinski definition) is 2. The van der Waals surface area contributed by atoms with Crippen molar-refractivity contribution in [2.24, 2.45) is 0 Å². The molecule has 0 aliphatic heterocycles. The summed E-state index contributed by atoms with van der Waals surface area (Å²) >= 11 is 1.25. The van der Waals surface area contributed by atoms with Crippen LogP contribution in [0.15, 0.2) is 48.1 Å². The van der Waals surface area contributed by atoms with E-state index in [1.54, 1.807) is 16.3 Å². The highest BCUT2D eigenvalue weighted by Crippen LogP contribution is 2.14. The van der Waals surface area contributed by atoms with E-state index in [9.17, 15) is 4.79 Å². The maximum atomic E-state index is 12.0. The van der Waals surface area contributed by atoms with Crippen LogP contribution in [0.2, 0.25) is 0 Å². The topological polar surface area (TPSA) is 85.8 Å². The van der Waals surface area contributed by atoms with Crippen molar-refractivity contribution in [1.82, 2.24) is 20.1 Å². The maximum Gasteiger partial charge on any atom is 0.271 e. The first-order valence-electron chi connectivity index (χ1n) is 6.31. The summed E-state index contributed by atoms with van der Waals surface area (Å²) < 4.78 is 1.77. The van der Waals surface area contributed by atoms with Gasteiger partial charge in [0.1, 0.15) is 5.69 Å². The van der Waals surface area contributed by atoms with Gasteiger partial charge in [0.2, 0.25) is 0 Å². The Balaban J connectivity index is 1.75.